The molecule has 0 amide bonds. The Balaban J connectivity index is 2.13. The van der Waals surface area contributed by atoms with E-state index in [1.165, 1.54) is 6.33 Å². The fourth-order valence-electron chi connectivity index (χ4n) is 2.25. The summed E-state index contributed by atoms with van der Waals surface area (Å²) >= 11 is 0. The third-order valence-corrected chi connectivity index (χ3v) is 3.07. The average molecular weight is 208 g/mol. The van der Waals surface area contributed by atoms with Gasteiger partial charge in [0.1, 0.15) is 12.1 Å². The largest absolute Gasteiger partial charge is 0.383 e. The monoisotopic (exact) mass is 208 g/mol. The first-order valence-corrected chi connectivity index (χ1v) is 5.26. The lowest BCUT2D eigenvalue weighted by molar-refractivity contribution is 0.102. The van der Waals surface area contributed by atoms with Crippen molar-refractivity contribution in [2.75, 3.05) is 5.73 Å². The van der Waals surface area contributed by atoms with E-state index >= 15 is 0 Å². The summed E-state index contributed by atoms with van der Waals surface area (Å²) in [5.74, 6) is 0.929. The van der Waals surface area contributed by atoms with Gasteiger partial charge in [-0.1, -0.05) is 6.42 Å². The third-order valence-electron chi connectivity index (χ3n) is 3.07. The highest BCUT2D eigenvalue weighted by Gasteiger charge is 2.24. The molecule has 1 fully saturated rings. The highest BCUT2D eigenvalue weighted by atomic mass is 16.5. The van der Waals surface area contributed by atoms with Gasteiger partial charge in [-0.05, 0) is 25.2 Å². The molecule has 2 atom stereocenters. The molecule has 0 aliphatic heterocycles. The maximum atomic E-state index is 8.91. The Labute approximate surface area is 88.7 Å². The Morgan fingerprint density at radius 1 is 1.47 bits per heavy atom. The summed E-state index contributed by atoms with van der Waals surface area (Å²) < 4.78 is 0. The number of hydroxylamine groups is 1. The first-order valence-electron chi connectivity index (χ1n) is 5.26. The minimum absolute atomic E-state index is 0.170. The molecule has 0 radical (unpaired) electrons. The average Bonchev–Trinajstić information content (AvgIpc) is 2.30. The van der Waals surface area contributed by atoms with Crippen molar-refractivity contribution in [3.05, 3.63) is 18.1 Å². The van der Waals surface area contributed by atoms with E-state index in [0.29, 0.717) is 11.7 Å². The number of anilines is 1. The smallest absolute Gasteiger partial charge is 0.130 e. The van der Waals surface area contributed by atoms with Gasteiger partial charge in [0.2, 0.25) is 0 Å². The lowest BCUT2D eigenvalue weighted by Crippen LogP contribution is -2.31. The predicted molar refractivity (Wildman–Crippen MR) is 56.4 cm³/mol. The summed E-state index contributed by atoms with van der Waals surface area (Å²) in [4.78, 5) is 7.99. The molecule has 1 aromatic rings. The van der Waals surface area contributed by atoms with Gasteiger partial charge in [-0.2, -0.15) is 0 Å². The molecule has 15 heavy (non-hydrogen) atoms. The Hall–Kier alpha value is -1.20. The zero-order valence-electron chi connectivity index (χ0n) is 8.56. The van der Waals surface area contributed by atoms with Crippen molar-refractivity contribution in [2.45, 2.75) is 37.6 Å². The molecule has 1 aliphatic carbocycles. The minimum atomic E-state index is 0.170. The molecule has 1 aromatic heterocycles. The molecule has 0 bridgehead atoms. The molecule has 0 saturated heterocycles. The molecular weight excluding hydrogens is 192 g/mol. The SMILES string of the molecule is Nc1ncncc1[C@H]1CCC[C@@H](NO)C1. The number of hydrogen-bond donors (Lipinski definition) is 3. The second kappa shape index (κ2) is 4.55. The van der Waals surface area contributed by atoms with Crippen molar-refractivity contribution in [1.29, 1.82) is 0 Å². The van der Waals surface area contributed by atoms with Crippen LogP contribution in [0.1, 0.15) is 37.2 Å². The number of hydrogen-bond acceptors (Lipinski definition) is 5. The quantitative estimate of drug-likeness (QED) is 0.633. The normalized spacial score (nSPS) is 26.5. The molecule has 5 nitrogen and oxygen atoms in total. The van der Waals surface area contributed by atoms with Gasteiger partial charge in [0.25, 0.3) is 0 Å². The molecule has 5 heteroatoms. The van der Waals surface area contributed by atoms with Crippen LogP contribution in [0, 0.1) is 0 Å². The summed E-state index contributed by atoms with van der Waals surface area (Å²) in [5.41, 5.74) is 9.16. The van der Waals surface area contributed by atoms with Crippen LogP contribution in [0.5, 0.6) is 0 Å². The first-order chi connectivity index (χ1) is 7.31. The van der Waals surface area contributed by atoms with Gasteiger partial charge in [-0.3, -0.25) is 0 Å². The van der Waals surface area contributed by atoms with Gasteiger partial charge >= 0.3 is 0 Å². The van der Waals surface area contributed by atoms with Crippen LogP contribution in [0.4, 0.5) is 5.82 Å². The summed E-state index contributed by atoms with van der Waals surface area (Å²) in [6.07, 6.45) is 7.35. The Morgan fingerprint density at radius 3 is 3.07 bits per heavy atom. The van der Waals surface area contributed by atoms with Gasteiger partial charge in [0.15, 0.2) is 0 Å². The van der Waals surface area contributed by atoms with E-state index in [9.17, 15) is 0 Å². The first kappa shape index (κ1) is 10.3. The fraction of sp³-hybridized carbons (Fsp3) is 0.600. The van der Waals surface area contributed by atoms with Crippen LogP contribution in [0.3, 0.4) is 0 Å². The van der Waals surface area contributed by atoms with Gasteiger partial charge < -0.3 is 10.9 Å². The number of nitrogens with two attached hydrogens (primary N) is 1. The molecule has 4 N–H and O–H groups in total. The van der Waals surface area contributed by atoms with E-state index in [-0.39, 0.29) is 6.04 Å². The third kappa shape index (κ3) is 2.24. The van der Waals surface area contributed by atoms with Gasteiger partial charge in [-0.25, -0.2) is 15.4 Å². The maximum absolute atomic E-state index is 8.91. The predicted octanol–water partition coefficient (Wildman–Crippen LogP) is 1.06. The topological polar surface area (TPSA) is 84.1 Å². The van der Waals surface area contributed by atoms with E-state index in [4.69, 9.17) is 10.9 Å². The Morgan fingerprint density at radius 2 is 2.33 bits per heavy atom. The van der Waals surface area contributed by atoms with E-state index in [0.717, 1.165) is 31.2 Å². The zero-order chi connectivity index (χ0) is 10.7. The van der Waals surface area contributed by atoms with E-state index < -0.39 is 0 Å². The Kier molecular flexibility index (Phi) is 3.13. The zero-order valence-corrected chi connectivity index (χ0v) is 8.56. The lowest BCUT2D eigenvalue weighted by atomic mass is 9.82. The number of nitrogen functional groups attached to an aromatic ring is 1. The maximum Gasteiger partial charge on any atom is 0.130 e. The van der Waals surface area contributed by atoms with Crippen LogP contribution in [0.15, 0.2) is 12.5 Å². The van der Waals surface area contributed by atoms with Crippen molar-refractivity contribution in [2.24, 2.45) is 0 Å². The van der Waals surface area contributed by atoms with E-state index in [1.54, 1.807) is 6.20 Å². The van der Waals surface area contributed by atoms with Gasteiger partial charge in [0.05, 0.1) is 0 Å². The Bertz CT molecular complexity index is 331. The standard InChI is InChI=1S/C10H16N4O/c11-10-9(5-12-6-13-10)7-2-1-3-8(4-7)14-15/h5-8,14-15H,1-4H2,(H2,11,12,13)/t7-,8+/m0/s1. The summed E-state index contributed by atoms with van der Waals surface area (Å²) in [7, 11) is 0. The second-order valence-electron chi connectivity index (χ2n) is 4.05. The summed E-state index contributed by atoms with van der Waals surface area (Å²) in [5, 5.41) is 8.91. The molecule has 1 heterocycles. The van der Waals surface area contributed by atoms with E-state index in [2.05, 4.69) is 15.4 Å². The van der Waals surface area contributed by atoms with Crippen molar-refractivity contribution in [3.8, 4) is 0 Å². The number of rotatable bonds is 2. The van der Waals surface area contributed by atoms with Crippen LogP contribution >= 0.6 is 0 Å². The van der Waals surface area contributed by atoms with Crippen LogP contribution in [0.25, 0.3) is 0 Å². The molecule has 0 spiro atoms. The highest BCUT2D eigenvalue weighted by Crippen LogP contribution is 2.34. The van der Waals surface area contributed by atoms with Crippen molar-refractivity contribution < 1.29 is 5.21 Å². The molecule has 1 saturated carbocycles. The van der Waals surface area contributed by atoms with Crippen molar-refractivity contribution in [3.63, 3.8) is 0 Å². The number of nitrogens with one attached hydrogen (secondary N) is 1. The number of aromatic nitrogens is 2. The minimum Gasteiger partial charge on any atom is -0.383 e. The molecule has 2 rings (SSSR count). The van der Waals surface area contributed by atoms with Crippen LogP contribution in [-0.4, -0.2) is 21.2 Å². The molecule has 0 unspecified atom stereocenters. The lowest BCUT2D eigenvalue weighted by Gasteiger charge is -2.28. The second-order valence-corrected chi connectivity index (χ2v) is 4.05. The van der Waals surface area contributed by atoms with Crippen LogP contribution < -0.4 is 11.2 Å². The fourth-order valence-corrected chi connectivity index (χ4v) is 2.25. The van der Waals surface area contributed by atoms with Gasteiger partial charge in [-0.15, -0.1) is 0 Å². The van der Waals surface area contributed by atoms with E-state index in [1.807, 2.05) is 0 Å². The summed E-state index contributed by atoms with van der Waals surface area (Å²) in [6, 6.07) is 0.170. The van der Waals surface area contributed by atoms with Crippen molar-refractivity contribution in [1.82, 2.24) is 15.4 Å². The molecule has 1 aliphatic rings. The molecular formula is C10H16N4O. The molecule has 82 valence electrons. The van der Waals surface area contributed by atoms with Crippen LogP contribution in [-0.2, 0) is 0 Å². The van der Waals surface area contributed by atoms with Gasteiger partial charge in [0, 0.05) is 17.8 Å². The highest BCUT2D eigenvalue weighted by molar-refractivity contribution is 5.39. The number of nitrogens with zero attached hydrogens (tertiary/aromatic N) is 2. The molecule has 0 aromatic carbocycles. The van der Waals surface area contributed by atoms with Crippen LogP contribution in [0.2, 0.25) is 0 Å². The van der Waals surface area contributed by atoms with Crippen molar-refractivity contribution >= 4 is 5.82 Å². The summed E-state index contributed by atoms with van der Waals surface area (Å²) in [6.45, 7) is 0.